The fourth-order valence-corrected chi connectivity index (χ4v) is 3.01. The molecule has 5 nitrogen and oxygen atoms in total. The maximum absolute atomic E-state index is 12.9. The molecule has 0 aliphatic carbocycles. The van der Waals surface area contributed by atoms with Gasteiger partial charge in [-0.3, -0.25) is 4.79 Å². The molecule has 2 rings (SSSR count). The Labute approximate surface area is 141 Å². The predicted octanol–water partition coefficient (Wildman–Crippen LogP) is 2.57. The number of carbonyl (C=O) groups excluding carboxylic acids is 1. The average molecular weight is 350 g/mol. The first-order chi connectivity index (χ1) is 11.2. The highest BCUT2D eigenvalue weighted by molar-refractivity contribution is 7.89. The van der Waals surface area contributed by atoms with E-state index in [1.54, 1.807) is 19.1 Å². The number of sulfonamides is 1. The van der Waals surface area contributed by atoms with Gasteiger partial charge in [0, 0.05) is 19.7 Å². The Kier molecular flexibility index (Phi) is 5.36. The molecule has 0 heterocycles. The van der Waals surface area contributed by atoms with E-state index in [0.29, 0.717) is 5.56 Å². The van der Waals surface area contributed by atoms with E-state index in [0.717, 1.165) is 9.87 Å². The molecule has 7 heteroatoms. The van der Waals surface area contributed by atoms with Gasteiger partial charge in [-0.25, -0.2) is 17.1 Å². The van der Waals surface area contributed by atoms with Crippen LogP contribution in [0.4, 0.5) is 4.39 Å². The van der Waals surface area contributed by atoms with Gasteiger partial charge in [-0.15, -0.1) is 0 Å². The van der Waals surface area contributed by atoms with E-state index in [2.05, 4.69) is 5.32 Å². The van der Waals surface area contributed by atoms with E-state index in [9.17, 15) is 17.6 Å². The van der Waals surface area contributed by atoms with Crippen LogP contribution in [0.2, 0.25) is 0 Å². The topological polar surface area (TPSA) is 66.5 Å². The molecule has 0 bridgehead atoms. The third-order valence-electron chi connectivity index (χ3n) is 3.61. The molecular formula is C17H19FN2O3S. The van der Waals surface area contributed by atoms with Crippen LogP contribution < -0.4 is 5.32 Å². The van der Waals surface area contributed by atoms with Crippen LogP contribution in [0.3, 0.4) is 0 Å². The summed E-state index contributed by atoms with van der Waals surface area (Å²) in [7, 11) is -0.545. The van der Waals surface area contributed by atoms with E-state index >= 15 is 0 Å². The molecule has 0 aromatic heterocycles. The second-order valence-corrected chi connectivity index (χ2v) is 7.71. The van der Waals surface area contributed by atoms with E-state index in [4.69, 9.17) is 0 Å². The Morgan fingerprint density at radius 1 is 1.04 bits per heavy atom. The molecule has 0 saturated heterocycles. The monoisotopic (exact) mass is 350 g/mol. The predicted molar refractivity (Wildman–Crippen MR) is 89.6 cm³/mol. The van der Waals surface area contributed by atoms with Gasteiger partial charge in [0.15, 0.2) is 0 Å². The van der Waals surface area contributed by atoms with Gasteiger partial charge >= 0.3 is 0 Å². The molecule has 0 aliphatic rings. The summed E-state index contributed by atoms with van der Waals surface area (Å²) in [5.41, 5.74) is 1.12. The molecule has 2 aromatic rings. The molecule has 0 fully saturated rings. The van der Waals surface area contributed by atoms with Gasteiger partial charge in [-0.2, -0.15) is 0 Å². The second kappa shape index (κ2) is 7.11. The molecule has 1 atom stereocenters. The number of benzene rings is 2. The summed E-state index contributed by atoms with van der Waals surface area (Å²) in [6.45, 7) is 1.79. The van der Waals surface area contributed by atoms with Crippen molar-refractivity contribution in [3.05, 3.63) is 65.5 Å². The summed E-state index contributed by atoms with van der Waals surface area (Å²) in [6, 6.07) is 11.3. The Morgan fingerprint density at radius 3 is 2.08 bits per heavy atom. The maximum Gasteiger partial charge on any atom is 0.251 e. The third kappa shape index (κ3) is 3.98. The molecule has 2 aromatic carbocycles. The maximum atomic E-state index is 12.9. The number of nitrogens with one attached hydrogen (secondary N) is 1. The van der Waals surface area contributed by atoms with Gasteiger partial charge < -0.3 is 5.32 Å². The largest absolute Gasteiger partial charge is 0.346 e. The Balaban J connectivity index is 2.11. The highest BCUT2D eigenvalue weighted by Crippen LogP contribution is 2.18. The van der Waals surface area contributed by atoms with Crippen LogP contribution in [0.5, 0.6) is 0 Å². The minimum atomic E-state index is -3.48. The van der Waals surface area contributed by atoms with Crippen LogP contribution in [-0.2, 0) is 10.0 Å². The number of amides is 1. The van der Waals surface area contributed by atoms with Gasteiger partial charge in [0.1, 0.15) is 5.82 Å². The molecular weight excluding hydrogens is 331 g/mol. The summed E-state index contributed by atoms with van der Waals surface area (Å²) in [6.07, 6.45) is 0. The highest BCUT2D eigenvalue weighted by atomic mass is 32.2. The van der Waals surface area contributed by atoms with Crippen molar-refractivity contribution in [1.82, 2.24) is 9.62 Å². The van der Waals surface area contributed by atoms with Crippen molar-refractivity contribution in [3.63, 3.8) is 0 Å². The highest BCUT2D eigenvalue weighted by Gasteiger charge is 2.18. The van der Waals surface area contributed by atoms with Crippen molar-refractivity contribution in [2.45, 2.75) is 17.9 Å². The summed E-state index contributed by atoms with van der Waals surface area (Å²) in [5, 5.41) is 2.79. The lowest BCUT2D eigenvalue weighted by Crippen LogP contribution is -2.26. The van der Waals surface area contributed by atoms with Gasteiger partial charge in [-0.1, -0.05) is 12.1 Å². The number of hydrogen-bond acceptors (Lipinski definition) is 3. The first kappa shape index (κ1) is 18.1. The fraction of sp³-hybridized carbons (Fsp3) is 0.235. The van der Waals surface area contributed by atoms with E-state index < -0.39 is 15.8 Å². The second-order valence-electron chi connectivity index (χ2n) is 5.56. The lowest BCUT2D eigenvalue weighted by atomic mass is 10.1. The van der Waals surface area contributed by atoms with Crippen LogP contribution in [0.1, 0.15) is 28.9 Å². The minimum absolute atomic E-state index is 0.188. The van der Waals surface area contributed by atoms with Crippen molar-refractivity contribution in [2.75, 3.05) is 14.1 Å². The van der Waals surface area contributed by atoms with E-state index in [1.165, 1.54) is 50.5 Å². The average Bonchev–Trinajstić information content (AvgIpc) is 2.55. The van der Waals surface area contributed by atoms with Gasteiger partial charge in [0.25, 0.3) is 5.91 Å². The van der Waals surface area contributed by atoms with Crippen molar-refractivity contribution < 1.29 is 17.6 Å². The molecule has 0 aliphatic heterocycles. The zero-order valence-electron chi connectivity index (χ0n) is 13.7. The van der Waals surface area contributed by atoms with Gasteiger partial charge in [-0.05, 0) is 48.9 Å². The third-order valence-corrected chi connectivity index (χ3v) is 5.44. The number of hydrogen-bond donors (Lipinski definition) is 1. The smallest absolute Gasteiger partial charge is 0.251 e. The van der Waals surface area contributed by atoms with E-state index in [1.807, 2.05) is 0 Å². The van der Waals surface area contributed by atoms with Crippen molar-refractivity contribution in [1.29, 1.82) is 0 Å². The number of halogens is 1. The zero-order chi connectivity index (χ0) is 17.9. The zero-order valence-corrected chi connectivity index (χ0v) is 14.5. The van der Waals surface area contributed by atoms with Crippen LogP contribution in [0.15, 0.2) is 53.4 Å². The first-order valence-electron chi connectivity index (χ1n) is 7.31. The molecule has 1 unspecified atom stereocenters. The lowest BCUT2D eigenvalue weighted by molar-refractivity contribution is 0.0940. The Hall–Kier alpha value is -2.25. The number of rotatable bonds is 5. The van der Waals surface area contributed by atoms with E-state index in [-0.39, 0.29) is 16.8 Å². The van der Waals surface area contributed by atoms with Crippen LogP contribution in [0, 0.1) is 5.82 Å². The quantitative estimate of drug-likeness (QED) is 0.901. The number of carbonyl (C=O) groups is 1. The SMILES string of the molecule is CC(NC(=O)c1ccc(F)cc1)c1ccc(S(=O)(=O)N(C)C)cc1. The van der Waals surface area contributed by atoms with Gasteiger partial charge in [0.2, 0.25) is 10.0 Å². The Morgan fingerprint density at radius 2 is 1.58 bits per heavy atom. The van der Waals surface area contributed by atoms with Crippen LogP contribution >= 0.6 is 0 Å². The fourth-order valence-electron chi connectivity index (χ4n) is 2.10. The molecule has 0 spiro atoms. The number of nitrogens with zero attached hydrogens (tertiary/aromatic N) is 1. The van der Waals surface area contributed by atoms with Crippen LogP contribution in [-0.4, -0.2) is 32.7 Å². The lowest BCUT2D eigenvalue weighted by Gasteiger charge is -2.16. The first-order valence-corrected chi connectivity index (χ1v) is 8.75. The Bertz CT molecular complexity index is 816. The summed E-state index contributed by atoms with van der Waals surface area (Å²) < 4.78 is 38.1. The van der Waals surface area contributed by atoms with Crippen molar-refractivity contribution in [2.24, 2.45) is 0 Å². The van der Waals surface area contributed by atoms with Crippen molar-refractivity contribution >= 4 is 15.9 Å². The summed E-state index contributed by atoms with van der Waals surface area (Å²) in [5.74, 6) is -0.732. The standard InChI is InChI=1S/C17H19FN2O3S/c1-12(19-17(21)14-4-8-15(18)9-5-14)13-6-10-16(11-7-13)24(22,23)20(2)3/h4-12H,1-3H3,(H,19,21). The van der Waals surface area contributed by atoms with Crippen LogP contribution in [0.25, 0.3) is 0 Å². The van der Waals surface area contributed by atoms with Gasteiger partial charge in [0.05, 0.1) is 10.9 Å². The molecule has 0 saturated carbocycles. The molecule has 1 N–H and O–H groups in total. The van der Waals surface area contributed by atoms with Crippen molar-refractivity contribution in [3.8, 4) is 0 Å². The minimum Gasteiger partial charge on any atom is -0.346 e. The normalized spacial score (nSPS) is 12.9. The molecule has 0 radical (unpaired) electrons. The summed E-state index contributed by atoms with van der Waals surface area (Å²) in [4.78, 5) is 12.3. The summed E-state index contributed by atoms with van der Waals surface area (Å²) >= 11 is 0. The molecule has 1 amide bonds. The molecule has 24 heavy (non-hydrogen) atoms. The molecule has 128 valence electrons.